The number of phosphoric acid groups is 1. The third-order valence-corrected chi connectivity index (χ3v) is 8.99. The van der Waals surface area contributed by atoms with Gasteiger partial charge in [-0.1, -0.05) is 49.8 Å². The molecule has 0 saturated carbocycles. The summed E-state index contributed by atoms with van der Waals surface area (Å²) in [5.74, 6) is -0.932. The SMILES string of the molecule is Cc1cn([C@H]2C[C@H](N=[N+]=[N-])[C@@H](COP(=O)(OCCSC(=O)C(C)(C)C)Oc3ccc(CC(N)C(=O)O)cc3)O2)c(=O)[nH]c1=O.Cl. The molecular weight excluding hydrogens is 655 g/mol. The predicted octanol–water partition coefficient (Wildman–Crippen LogP) is 3.71. The number of carboxylic acid groups (broad SMARTS) is 1. The fourth-order valence-corrected chi connectivity index (χ4v) is 6.05. The zero-order valence-corrected chi connectivity index (χ0v) is 27.5. The number of nitrogens with two attached hydrogens (primary N) is 1. The fraction of sp³-hybridized carbons (Fsp3) is 0.538. The van der Waals surface area contributed by atoms with Crippen LogP contribution in [-0.4, -0.2) is 62.9 Å². The summed E-state index contributed by atoms with van der Waals surface area (Å²) < 4.78 is 37.6. The van der Waals surface area contributed by atoms with Crippen LogP contribution in [0, 0.1) is 12.3 Å². The number of halogens is 1. The summed E-state index contributed by atoms with van der Waals surface area (Å²) in [6.45, 7) is 6.20. The predicted molar refractivity (Wildman–Crippen MR) is 168 cm³/mol. The van der Waals surface area contributed by atoms with E-state index in [1.807, 2.05) is 0 Å². The van der Waals surface area contributed by atoms with Gasteiger partial charge in [-0.2, -0.15) is 0 Å². The van der Waals surface area contributed by atoms with E-state index in [0.717, 1.165) is 16.3 Å². The van der Waals surface area contributed by atoms with Crippen LogP contribution in [0.3, 0.4) is 0 Å². The van der Waals surface area contributed by atoms with Crippen LogP contribution >= 0.6 is 32.0 Å². The normalized spacial score (nSPS) is 19.9. The van der Waals surface area contributed by atoms with Crippen molar-refractivity contribution < 1.29 is 37.6 Å². The molecule has 1 aromatic heterocycles. The summed E-state index contributed by atoms with van der Waals surface area (Å²) in [5.41, 5.74) is 13.7. The number of phosphoric ester groups is 1. The van der Waals surface area contributed by atoms with Crippen molar-refractivity contribution in [1.29, 1.82) is 0 Å². The van der Waals surface area contributed by atoms with Gasteiger partial charge in [0.1, 0.15) is 18.0 Å². The lowest BCUT2D eigenvalue weighted by Crippen LogP contribution is -2.33. The number of hydrogen-bond acceptors (Lipinski definition) is 12. The van der Waals surface area contributed by atoms with Gasteiger partial charge in [-0.05, 0) is 36.6 Å². The lowest BCUT2D eigenvalue weighted by Gasteiger charge is -2.22. The van der Waals surface area contributed by atoms with Gasteiger partial charge in [0.05, 0.1) is 25.4 Å². The lowest BCUT2D eigenvalue weighted by molar-refractivity contribution is -0.138. The quantitative estimate of drug-likeness (QED) is 0.0845. The second-order valence-corrected chi connectivity index (χ2v) is 13.6. The number of aromatic amines is 1. The van der Waals surface area contributed by atoms with E-state index in [1.165, 1.54) is 25.3 Å². The smallest absolute Gasteiger partial charge is 0.480 e. The molecule has 0 spiro atoms. The fourth-order valence-electron chi connectivity index (χ4n) is 3.94. The maximum Gasteiger partial charge on any atom is 0.530 e. The van der Waals surface area contributed by atoms with Gasteiger partial charge in [-0.3, -0.25) is 33.0 Å². The van der Waals surface area contributed by atoms with E-state index in [0.29, 0.717) is 5.56 Å². The first-order valence-corrected chi connectivity index (χ1v) is 15.9. The minimum atomic E-state index is -4.39. The van der Waals surface area contributed by atoms with Crippen molar-refractivity contribution in [2.75, 3.05) is 19.0 Å². The van der Waals surface area contributed by atoms with Crippen LogP contribution < -0.4 is 21.5 Å². The monoisotopic (exact) mass is 690 g/mol. The van der Waals surface area contributed by atoms with Gasteiger partial charge in [0.25, 0.3) is 5.56 Å². The maximum absolute atomic E-state index is 13.8. The zero-order valence-electron chi connectivity index (χ0n) is 25.0. The highest BCUT2D eigenvalue weighted by molar-refractivity contribution is 8.13. The molecule has 3 rings (SSSR count). The molecule has 2 unspecified atom stereocenters. The van der Waals surface area contributed by atoms with Crippen molar-refractivity contribution >= 4 is 43.1 Å². The van der Waals surface area contributed by atoms with Crippen LogP contribution in [0.25, 0.3) is 10.4 Å². The van der Waals surface area contributed by atoms with Crippen molar-refractivity contribution in [3.63, 3.8) is 0 Å². The summed E-state index contributed by atoms with van der Waals surface area (Å²) in [4.78, 5) is 52.5. The van der Waals surface area contributed by atoms with E-state index in [-0.39, 0.29) is 54.0 Å². The Morgan fingerprint density at radius 3 is 2.56 bits per heavy atom. The van der Waals surface area contributed by atoms with E-state index in [1.54, 1.807) is 32.9 Å². The number of carbonyl (C=O) groups is 2. The highest BCUT2D eigenvalue weighted by atomic mass is 35.5. The Labute approximate surface area is 268 Å². The molecule has 16 nitrogen and oxygen atoms in total. The first-order valence-electron chi connectivity index (χ1n) is 13.5. The Morgan fingerprint density at radius 2 is 1.96 bits per heavy atom. The molecule has 0 radical (unpaired) electrons. The number of nitrogens with one attached hydrogen (secondary N) is 1. The van der Waals surface area contributed by atoms with Crippen molar-refractivity contribution in [3.05, 3.63) is 72.9 Å². The molecule has 1 aliphatic heterocycles. The van der Waals surface area contributed by atoms with E-state index in [4.69, 9.17) is 34.7 Å². The molecule has 0 amide bonds. The summed E-state index contributed by atoms with van der Waals surface area (Å²) in [6, 6.07) is 4.03. The third kappa shape index (κ3) is 11.0. The van der Waals surface area contributed by atoms with Gasteiger partial charge in [0.15, 0.2) is 5.12 Å². The van der Waals surface area contributed by atoms with E-state index >= 15 is 0 Å². The zero-order chi connectivity index (χ0) is 32.7. The van der Waals surface area contributed by atoms with Crippen molar-refractivity contribution in [3.8, 4) is 5.75 Å². The number of nitrogens with zero attached hydrogens (tertiary/aromatic N) is 4. The highest BCUT2D eigenvalue weighted by Crippen LogP contribution is 2.50. The van der Waals surface area contributed by atoms with E-state index in [2.05, 4.69) is 15.0 Å². The summed E-state index contributed by atoms with van der Waals surface area (Å²) in [7, 11) is -4.39. The summed E-state index contributed by atoms with van der Waals surface area (Å²) >= 11 is 0.999. The molecule has 1 aromatic carbocycles. The molecule has 1 aliphatic rings. The minimum absolute atomic E-state index is 0. The molecule has 19 heteroatoms. The molecule has 2 heterocycles. The van der Waals surface area contributed by atoms with Crippen LogP contribution in [0.15, 0.2) is 45.2 Å². The van der Waals surface area contributed by atoms with Crippen molar-refractivity contribution in [1.82, 2.24) is 9.55 Å². The number of aryl methyl sites for hydroxylation is 1. The van der Waals surface area contributed by atoms with Crippen LogP contribution in [0.1, 0.15) is 44.5 Å². The number of aromatic nitrogens is 2. The standard InChI is InChI=1S/C26H35N6O10PS.ClH/c1-15-13-32(25(37)29-22(15)33)21-12-19(30-31-28)20(41-21)14-40-43(38,39-9-10-44-24(36)26(2,3)4)42-17-7-5-16(6-8-17)11-18(27)23(34)35;/h5-8,13,18-21H,9-12,14,27H2,1-4H3,(H,34,35)(H,29,33,37);1H/t18?,19-,20+,21+,43?;/m0./s1. The number of thioether (sulfide) groups is 1. The van der Waals surface area contributed by atoms with Crippen LogP contribution in [0.4, 0.5) is 0 Å². The Bertz CT molecular complexity index is 1560. The van der Waals surface area contributed by atoms with Gasteiger partial charge in [-0.15, -0.1) is 12.4 Å². The van der Waals surface area contributed by atoms with Crippen molar-refractivity contribution in [2.45, 2.75) is 65.0 Å². The third-order valence-electron chi connectivity index (χ3n) is 6.35. The minimum Gasteiger partial charge on any atom is -0.480 e. The van der Waals surface area contributed by atoms with E-state index < -0.39 is 61.5 Å². The number of carbonyl (C=O) groups excluding carboxylic acids is 1. The van der Waals surface area contributed by atoms with Gasteiger partial charge in [-0.25, -0.2) is 9.36 Å². The Hall–Kier alpha value is -3.14. The number of hydrogen-bond donors (Lipinski definition) is 3. The number of benzene rings is 1. The molecular formula is C26H36ClN6O10PS. The number of ether oxygens (including phenoxy) is 1. The van der Waals surface area contributed by atoms with Crippen LogP contribution in [0.2, 0.25) is 0 Å². The summed E-state index contributed by atoms with van der Waals surface area (Å²) in [5, 5.41) is 12.7. The van der Waals surface area contributed by atoms with Crippen LogP contribution in [0.5, 0.6) is 5.75 Å². The molecule has 248 valence electrons. The molecule has 0 bridgehead atoms. The average Bonchev–Trinajstić information content (AvgIpc) is 3.35. The number of azide groups is 1. The van der Waals surface area contributed by atoms with Gasteiger partial charge >= 0.3 is 19.5 Å². The average molecular weight is 691 g/mol. The van der Waals surface area contributed by atoms with Crippen LogP contribution in [-0.2, 0) is 34.4 Å². The Kier molecular flexibility index (Phi) is 13.9. The topological polar surface area (TPSA) is 238 Å². The molecule has 0 aliphatic carbocycles. The molecule has 1 saturated heterocycles. The first-order chi connectivity index (χ1) is 20.6. The highest BCUT2D eigenvalue weighted by Gasteiger charge is 2.39. The lowest BCUT2D eigenvalue weighted by atomic mass is 10.00. The van der Waals surface area contributed by atoms with Gasteiger partial charge in [0, 0.05) is 34.3 Å². The number of aliphatic carboxylic acids is 1. The molecule has 45 heavy (non-hydrogen) atoms. The molecule has 1 fully saturated rings. The molecule has 4 N–H and O–H groups in total. The first kappa shape index (κ1) is 38.0. The second kappa shape index (κ2) is 16.4. The summed E-state index contributed by atoms with van der Waals surface area (Å²) in [6.07, 6.45) is -0.470. The number of rotatable bonds is 14. The molecule has 2 aromatic rings. The maximum atomic E-state index is 13.8. The second-order valence-electron chi connectivity index (χ2n) is 11.0. The number of H-pyrrole nitrogens is 1. The Balaban J connectivity index is 0.00000705. The van der Waals surface area contributed by atoms with Crippen molar-refractivity contribution in [2.24, 2.45) is 16.3 Å². The number of carboxylic acids is 1. The molecule has 5 atom stereocenters. The Morgan fingerprint density at radius 1 is 1.29 bits per heavy atom. The van der Waals surface area contributed by atoms with E-state index in [9.17, 15) is 23.7 Å². The van der Waals surface area contributed by atoms with Gasteiger partial charge < -0.3 is 20.1 Å². The van der Waals surface area contributed by atoms with Gasteiger partial charge in [0.2, 0.25) is 0 Å². The largest absolute Gasteiger partial charge is 0.530 e.